The van der Waals surface area contributed by atoms with Gasteiger partial charge in [-0.1, -0.05) is 30.3 Å². The van der Waals surface area contributed by atoms with Gasteiger partial charge in [-0.25, -0.2) is 0 Å². The maximum absolute atomic E-state index is 12.5. The second-order valence-electron chi connectivity index (χ2n) is 7.36. The summed E-state index contributed by atoms with van der Waals surface area (Å²) < 4.78 is 6.44. The van der Waals surface area contributed by atoms with E-state index in [2.05, 4.69) is 42.2 Å². The minimum Gasteiger partial charge on any atom is -0.357 e. The number of carbonyl (C=O) groups excluding carboxylic acids is 1. The van der Waals surface area contributed by atoms with Crippen molar-refractivity contribution >= 4 is 5.91 Å². The van der Waals surface area contributed by atoms with Crippen LogP contribution in [0.5, 0.6) is 0 Å². The number of hydrogen-bond acceptors (Lipinski definition) is 3. The van der Waals surface area contributed by atoms with E-state index in [0.717, 1.165) is 58.4 Å². The molecule has 1 aromatic rings. The van der Waals surface area contributed by atoms with Crippen molar-refractivity contribution in [3.05, 3.63) is 35.9 Å². The summed E-state index contributed by atoms with van der Waals surface area (Å²) >= 11 is 0. The van der Waals surface area contributed by atoms with Crippen LogP contribution in [-0.2, 0) is 16.1 Å². The molecule has 0 unspecified atom stereocenters. The highest BCUT2D eigenvalue weighted by Crippen LogP contribution is 2.49. The van der Waals surface area contributed by atoms with Gasteiger partial charge >= 0.3 is 0 Å². The van der Waals surface area contributed by atoms with Gasteiger partial charge in [-0.05, 0) is 38.2 Å². The monoisotopic (exact) mass is 314 g/mol. The molecule has 3 fully saturated rings. The second-order valence-corrected chi connectivity index (χ2v) is 7.36. The minimum atomic E-state index is -0.449. The zero-order chi connectivity index (χ0) is 15.9. The van der Waals surface area contributed by atoms with Crippen LogP contribution >= 0.6 is 0 Å². The summed E-state index contributed by atoms with van der Waals surface area (Å²) in [5, 5.41) is 0. The average Bonchev–Trinajstić information content (AvgIpc) is 3.35. The Kier molecular flexibility index (Phi) is 3.69. The third-order valence-corrected chi connectivity index (χ3v) is 5.67. The number of amides is 1. The van der Waals surface area contributed by atoms with Gasteiger partial charge in [-0.2, -0.15) is 0 Å². The van der Waals surface area contributed by atoms with Crippen molar-refractivity contribution in [2.45, 2.75) is 50.4 Å². The van der Waals surface area contributed by atoms with Crippen LogP contribution < -0.4 is 0 Å². The van der Waals surface area contributed by atoms with Gasteiger partial charge < -0.3 is 9.64 Å². The molecule has 1 amide bonds. The first kappa shape index (κ1) is 15.2. The molecule has 0 atom stereocenters. The zero-order valence-corrected chi connectivity index (χ0v) is 14.0. The lowest BCUT2D eigenvalue weighted by atomic mass is 9.87. The molecule has 2 aliphatic heterocycles. The molecule has 4 rings (SSSR count). The molecule has 124 valence electrons. The molecule has 0 radical (unpaired) electrons. The number of piperidine rings is 1. The van der Waals surface area contributed by atoms with Crippen LogP contribution in [0, 0.1) is 0 Å². The molecule has 0 N–H and O–H groups in total. The van der Waals surface area contributed by atoms with E-state index in [1.807, 2.05) is 4.90 Å². The van der Waals surface area contributed by atoms with Crippen LogP contribution in [0.1, 0.15) is 38.2 Å². The summed E-state index contributed by atoms with van der Waals surface area (Å²) in [6.45, 7) is 6.78. The third-order valence-electron chi connectivity index (χ3n) is 5.67. The van der Waals surface area contributed by atoms with Gasteiger partial charge in [0.15, 0.2) is 0 Å². The third kappa shape index (κ3) is 2.79. The van der Waals surface area contributed by atoms with Crippen molar-refractivity contribution in [1.82, 2.24) is 9.80 Å². The topological polar surface area (TPSA) is 32.8 Å². The maximum atomic E-state index is 12.5. The maximum Gasteiger partial charge on any atom is 0.254 e. The Morgan fingerprint density at radius 2 is 1.78 bits per heavy atom. The first-order valence-corrected chi connectivity index (χ1v) is 8.91. The van der Waals surface area contributed by atoms with Gasteiger partial charge in [0, 0.05) is 32.7 Å². The molecular weight excluding hydrogens is 288 g/mol. The van der Waals surface area contributed by atoms with Crippen molar-refractivity contribution in [3.8, 4) is 0 Å². The van der Waals surface area contributed by atoms with Gasteiger partial charge in [-0.15, -0.1) is 0 Å². The molecule has 23 heavy (non-hydrogen) atoms. The Bertz CT molecular complexity index is 574. The van der Waals surface area contributed by atoms with Crippen molar-refractivity contribution in [2.24, 2.45) is 0 Å². The van der Waals surface area contributed by atoms with Crippen LogP contribution in [0.3, 0.4) is 0 Å². The molecule has 0 aromatic heterocycles. The lowest BCUT2D eigenvalue weighted by Crippen LogP contribution is -2.62. The summed E-state index contributed by atoms with van der Waals surface area (Å²) in [6.07, 6.45) is 3.90. The Balaban J connectivity index is 1.41. The number of benzene rings is 1. The molecule has 0 bridgehead atoms. The molecule has 1 aliphatic carbocycles. The van der Waals surface area contributed by atoms with E-state index in [4.69, 9.17) is 4.74 Å². The van der Waals surface area contributed by atoms with Crippen LogP contribution in [0.25, 0.3) is 0 Å². The van der Waals surface area contributed by atoms with Gasteiger partial charge in [0.25, 0.3) is 5.91 Å². The van der Waals surface area contributed by atoms with Crippen molar-refractivity contribution < 1.29 is 9.53 Å². The van der Waals surface area contributed by atoms with E-state index in [1.54, 1.807) is 0 Å². The predicted molar refractivity (Wildman–Crippen MR) is 89.0 cm³/mol. The lowest BCUT2D eigenvalue weighted by Gasteiger charge is -2.50. The van der Waals surface area contributed by atoms with Gasteiger partial charge in [0.2, 0.25) is 0 Å². The minimum absolute atomic E-state index is 0.104. The smallest absolute Gasteiger partial charge is 0.254 e. The first-order valence-electron chi connectivity index (χ1n) is 8.91. The largest absolute Gasteiger partial charge is 0.357 e. The van der Waals surface area contributed by atoms with Crippen LogP contribution in [0.4, 0.5) is 0 Å². The number of nitrogens with zero attached hydrogens (tertiary/aromatic N) is 2. The molecule has 4 heteroatoms. The average molecular weight is 314 g/mol. The number of rotatable bonds is 3. The van der Waals surface area contributed by atoms with Crippen molar-refractivity contribution in [2.75, 3.05) is 26.2 Å². The Morgan fingerprint density at radius 3 is 2.39 bits per heavy atom. The molecule has 4 nitrogen and oxygen atoms in total. The Hall–Kier alpha value is -1.39. The standard InChI is InChI=1S/C19H26N2O2/c1-2-21-15-18(23-19(8-9-19)17(21)22)10-12-20(13-11-18)14-16-6-4-3-5-7-16/h3-7H,2,8-15H2,1H3. The second kappa shape index (κ2) is 5.60. The SMILES string of the molecule is CCN1CC2(CCN(Cc3ccccc3)CC2)OC2(CC2)C1=O. The number of ether oxygens (including phenoxy) is 1. The molecule has 2 spiro atoms. The first-order chi connectivity index (χ1) is 11.1. The predicted octanol–water partition coefficient (Wildman–Crippen LogP) is 2.43. The van der Waals surface area contributed by atoms with E-state index >= 15 is 0 Å². The Labute approximate surface area is 138 Å². The summed E-state index contributed by atoms with van der Waals surface area (Å²) in [7, 11) is 0. The fourth-order valence-corrected chi connectivity index (χ4v) is 4.10. The summed E-state index contributed by atoms with van der Waals surface area (Å²) in [5.74, 6) is 0.234. The van der Waals surface area contributed by atoms with Gasteiger partial charge in [0.1, 0.15) is 5.60 Å². The van der Waals surface area contributed by atoms with E-state index in [-0.39, 0.29) is 11.5 Å². The highest BCUT2D eigenvalue weighted by atomic mass is 16.5. The van der Waals surface area contributed by atoms with E-state index in [1.165, 1.54) is 5.56 Å². The number of hydrogen-bond donors (Lipinski definition) is 0. The number of likely N-dealkylation sites (N-methyl/N-ethyl adjacent to an activating group) is 1. The molecule has 1 aromatic carbocycles. The van der Waals surface area contributed by atoms with Crippen LogP contribution in [-0.4, -0.2) is 53.1 Å². The molecule has 2 saturated heterocycles. The molecule has 1 saturated carbocycles. The highest BCUT2D eigenvalue weighted by molar-refractivity contribution is 5.89. The molecule has 3 aliphatic rings. The van der Waals surface area contributed by atoms with E-state index in [0.29, 0.717) is 0 Å². The summed E-state index contributed by atoms with van der Waals surface area (Å²) in [5.41, 5.74) is 0.820. The summed E-state index contributed by atoms with van der Waals surface area (Å²) in [6, 6.07) is 10.7. The number of morpholine rings is 1. The number of carbonyl (C=O) groups is 1. The highest BCUT2D eigenvalue weighted by Gasteiger charge is 2.61. The zero-order valence-electron chi connectivity index (χ0n) is 14.0. The quantitative estimate of drug-likeness (QED) is 0.859. The van der Waals surface area contributed by atoms with Crippen LogP contribution in [0.2, 0.25) is 0 Å². The van der Waals surface area contributed by atoms with Crippen molar-refractivity contribution in [1.29, 1.82) is 0 Å². The fourth-order valence-electron chi connectivity index (χ4n) is 4.10. The fraction of sp³-hybridized carbons (Fsp3) is 0.632. The molecule has 2 heterocycles. The van der Waals surface area contributed by atoms with Gasteiger partial charge in [0.05, 0.1) is 5.60 Å². The number of likely N-dealkylation sites (tertiary alicyclic amines) is 1. The van der Waals surface area contributed by atoms with E-state index in [9.17, 15) is 4.79 Å². The normalized spacial score (nSPS) is 26.0. The summed E-state index contributed by atoms with van der Waals surface area (Å²) in [4.78, 5) is 17.0. The van der Waals surface area contributed by atoms with E-state index < -0.39 is 5.60 Å². The van der Waals surface area contributed by atoms with Crippen molar-refractivity contribution in [3.63, 3.8) is 0 Å². The van der Waals surface area contributed by atoms with Crippen LogP contribution in [0.15, 0.2) is 30.3 Å². The Morgan fingerprint density at radius 1 is 1.09 bits per heavy atom. The van der Waals surface area contributed by atoms with Gasteiger partial charge in [-0.3, -0.25) is 9.69 Å². The molecular formula is C19H26N2O2. The lowest BCUT2D eigenvalue weighted by molar-refractivity contribution is -0.200.